The van der Waals surface area contributed by atoms with Gasteiger partial charge in [0.05, 0.1) is 6.21 Å². The molecule has 148 valence electrons. The molecule has 9 heteroatoms. The Labute approximate surface area is 168 Å². The van der Waals surface area contributed by atoms with Gasteiger partial charge in [0.15, 0.2) is 12.2 Å². The lowest BCUT2D eigenvalue weighted by Gasteiger charge is -2.39. The molecule has 1 aromatic heterocycles. The Morgan fingerprint density at radius 2 is 1.93 bits per heavy atom. The molecule has 2 aromatic rings. The van der Waals surface area contributed by atoms with E-state index in [9.17, 15) is 9.59 Å². The van der Waals surface area contributed by atoms with Crippen LogP contribution in [0.5, 0.6) is 0 Å². The first kappa shape index (κ1) is 18.6. The van der Waals surface area contributed by atoms with Crippen LogP contribution in [-0.2, 0) is 11.3 Å². The number of guanidine groups is 1. The third kappa shape index (κ3) is 3.54. The third-order valence-electron chi connectivity index (χ3n) is 4.97. The zero-order valence-corrected chi connectivity index (χ0v) is 16.1. The molecule has 4 rings (SSSR count). The maximum absolute atomic E-state index is 12.9. The molecule has 0 radical (unpaired) electrons. The van der Waals surface area contributed by atoms with Crippen molar-refractivity contribution < 1.29 is 9.59 Å². The van der Waals surface area contributed by atoms with Crippen LogP contribution in [0, 0.1) is 0 Å². The summed E-state index contributed by atoms with van der Waals surface area (Å²) in [6.45, 7) is 0.456. The van der Waals surface area contributed by atoms with Crippen molar-refractivity contribution in [3.05, 3.63) is 66.0 Å². The predicted molar refractivity (Wildman–Crippen MR) is 108 cm³/mol. The zero-order chi connectivity index (χ0) is 20.4. The van der Waals surface area contributed by atoms with Gasteiger partial charge < -0.3 is 9.80 Å². The number of carbonyl (C=O) groups is 2. The van der Waals surface area contributed by atoms with Crippen LogP contribution in [0.2, 0.25) is 0 Å². The summed E-state index contributed by atoms with van der Waals surface area (Å²) in [5.74, 6) is 0.151. The standard InChI is InChI=1S/C20H21N7O2/c1-25-17-16(18(28)26(2)20(25)29)27(13-14-7-4-3-5-8-14)19(23-17)24-22-12-15-9-6-10-21-11-15/h3-12,16-17H,13H2,1-2H3,(H,23,24)/b22-12+. The Balaban J connectivity index is 1.62. The Morgan fingerprint density at radius 1 is 1.14 bits per heavy atom. The number of hydrazone groups is 1. The number of urea groups is 1. The molecule has 0 aliphatic carbocycles. The first-order valence-electron chi connectivity index (χ1n) is 9.18. The minimum absolute atomic E-state index is 0.286. The van der Waals surface area contributed by atoms with Crippen molar-refractivity contribution in [3.63, 3.8) is 0 Å². The number of aromatic nitrogens is 1. The van der Waals surface area contributed by atoms with Crippen LogP contribution >= 0.6 is 0 Å². The first-order valence-corrected chi connectivity index (χ1v) is 9.18. The number of imide groups is 1. The van der Waals surface area contributed by atoms with Gasteiger partial charge in [-0.25, -0.2) is 15.2 Å². The number of amides is 3. The summed E-state index contributed by atoms with van der Waals surface area (Å²) in [5, 5.41) is 4.25. The van der Waals surface area contributed by atoms with E-state index in [-0.39, 0.29) is 11.9 Å². The second kappa shape index (κ2) is 7.70. The second-order valence-corrected chi connectivity index (χ2v) is 6.87. The summed E-state index contributed by atoms with van der Waals surface area (Å²) in [6.07, 6.45) is 4.40. The molecule has 0 spiro atoms. The second-order valence-electron chi connectivity index (χ2n) is 6.87. The number of fused-ring (bicyclic) bond motifs is 1. The quantitative estimate of drug-likeness (QED) is 0.622. The van der Waals surface area contributed by atoms with Gasteiger partial charge in [-0.2, -0.15) is 5.10 Å². The van der Waals surface area contributed by atoms with Crippen molar-refractivity contribution in [1.29, 1.82) is 0 Å². The lowest BCUT2D eigenvalue weighted by Crippen LogP contribution is -2.64. The van der Waals surface area contributed by atoms with Crippen molar-refractivity contribution in [1.82, 2.24) is 25.1 Å². The van der Waals surface area contributed by atoms with E-state index in [0.717, 1.165) is 16.0 Å². The number of aliphatic imine (C=N–C) groups is 1. The molecule has 29 heavy (non-hydrogen) atoms. The highest BCUT2D eigenvalue weighted by Gasteiger charge is 2.51. The molecule has 1 saturated heterocycles. The highest BCUT2D eigenvalue weighted by atomic mass is 16.2. The van der Waals surface area contributed by atoms with Crippen molar-refractivity contribution in [2.24, 2.45) is 10.1 Å². The lowest BCUT2D eigenvalue weighted by molar-refractivity contribution is -0.136. The van der Waals surface area contributed by atoms with Gasteiger partial charge in [0, 0.05) is 38.6 Å². The summed E-state index contributed by atoms with van der Waals surface area (Å²) in [4.78, 5) is 38.3. The maximum atomic E-state index is 12.9. The van der Waals surface area contributed by atoms with E-state index in [0.29, 0.717) is 12.5 Å². The number of hydrogen-bond acceptors (Lipinski definition) is 7. The van der Waals surface area contributed by atoms with E-state index in [4.69, 9.17) is 0 Å². The fourth-order valence-electron chi connectivity index (χ4n) is 3.43. The molecule has 2 atom stereocenters. The smallest absolute Gasteiger partial charge is 0.321 e. The summed E-state index contributed by atoms with van der Waals surface area (Å²) in [7, 11) is 3.14. The van der Waals surface area contributed by atoms with Gasteiger partial charge >= 0.3 is 6.03 Å². The number of nitrogens with zero attached hydrogens (tertiary/aromatic N) is 6. The van der Waals surface area contributed by atoms with Crippen molar-refractivity contribution >= 4 is 24.1 Å². The van der Waals surface area contributed by atoms with Gasteiger partial charge in [0.1, 0.15) is 0 Å². The van der Waals surface area contributed by atoms with Crippen LogP contribution in [0.1, 0.15) is 11.1 Å². The SMILES string of the molecule is CN1C(=O)C2C(N=C(N/N=C/c3cccnc3)N2Cc2ccccc2)N(C)C1=O. The van der Waals surface area contributed by atoms with E-state index in [1.54, 1.807) is 25.7 Å². The van der Waals surface area contributed by atoms with Gasteiger partial charge in [-0.3, -0.25) is 14.7 Å². The number of benzene rings is 1. The van der Waals surface area contributed by atoms with Gasteiger partial charge in [-0.1, -0.05) is 36.4 Å². The van der Waals surface area contributed by atoms with E-state index in [1.165, 1.54) is 11.9 Å². The largest absolute Gasteiger partial charge is 0.328 e. The fourth-order valence-corrected chi connectivity index (χ4v) is 3.43. The van der Waals surface area contributed by atoms with Crippen LogP contribution in [0.15, 0.2) is 65.0 Å². The molecule has 1 fully saturated rings. The number of rotatable bonds is 4. The average molecular weight is 391 g/mol. The number of hydrogen-bond donors (Lipinski definition) is 1. The summed E-state index contributed by atoms with van der Waals surface area (Å²) in [6, 6.07) is 12.5. The Kier molecular flexibility index (Phi) is 4.94. The monoisotopic (exact) mass is 391 g/mol. The van der Waals surface area contributed by atoms with Crippen LogP contribution < -0.4 is 5.43 Å². The van der Waals surface area contributed by atoms with Crippen molar-refractivity contribution in [3.8, 4) is 0 Å². The molecular formula is C20H21N7O2. The topological polar surface area (TPSA) is 93.5 Å². The minimum atomic E-state index is -0.612. The van der Waals surface area contributed by atoms with Gasteiger partial charge in [0.2, 0.25) is 5.96 Å². The molecule has 1 N–H and O–H groups in total. The summed E-state index contributed by atoms with van der Waals surface area (Å²) >= 11 is 0. The average Bonchev–Trinajstić information content (AvgIpc) is 3.10. The highest BCUT2D eigenvalue weighted by molar-refractivity contribution is 6.03. The van der Waals surface area contributed by atoms with E-state index >= 15 is 0 Å². The molecule has 9 nitrogen and oxygen atoms in total. The summed E-state index contributed by atoms with van der Waals surface area (Å²) in [5.41, 5.74) is 4.79. The third-order valence-corrected chi connectivity index (χ3v) is 4.97. The van der Waals surface area contributed by atoms with Crippen LogP contribution in [0.25, 0.3) is 0 Å². The molecule has 2 aliphatic rings. The Hall–Kier alpha value is -3.75. The van der Waals surface area contributed by atoms with Gasteiger partial charge in [-0.15, -0.1) is 0 Å². The molecular weight excluding hydrogens is 370 g/mol. The summed E-state index contributed by atoms with van der Waals surface area (Å²) < 4.78 is 0. The van der Waals surface area contributed by atoms with Crippen LogP contribution in [0.3, 0.4) is 0 Å². The Morgan fingerprint density at radius 3 is 2.66 bits per heavy atom. The number of nitrogens with one attached hydrogen (secondary N) is 1. The first-order chi connectivity index (χ1) is 14.1. The predicted octanol–water partition coefficient (Wildman–Crippen LogP) is 1.10. The molecule has 0 saturated carbocycles. The molecule has 3 amide bonds. The van der Waals surface area contributed by atoms with E-state index in [1.807, 2.05) is 47.4 Å². The number of likely N-dealkylation sites (N-methyl/N-ethyl adjacent to an activating group) is 2. The zero-order valence-electron chi connectivity index (χ0n) is 16.1. The maximum Gasteiger partial charge on any atom is 0.328 e. The Bertz CT molecular complexity index is 961. The van der Waals surface area contributed by atoms with E-state index in [2.05, 4.69) is 20.5 Å². The lowest BCUT2D eigenvalue weighted by atomic mass is 10.1. The normalized spacial score (nSPS) is 21.6. The number of pyridine rings is 1. The molecule has 3 heterocycles. The minimum Gasteiger partial charge on any atom is -0.321 e. The number of carbonyl (C=O) groups excluding carboxylic acids is 2. The highest BCUT2D eigenvalue weighted by Crippen LogP contribution is 2.27. The molecule has 2 unspecified atom stereocenters. The van der Waals surface area contributed by atoms with Gasteiger partial charge in [-0.05, 0) is 11.6 Å². The molecule has 0 bridgehead atoms. The van der Waals surface area contributed by atoms with Crippen LogP contribution in [0.4, 0.5) is 4.79 Å². The molecule has 2 aliphatic heterocycles. The van der Waals surface area contributed by atoms with Crippen LogP contribution in [-0.4, -0.2) is 70.1 Å². The molecule has 1 aromatic carbocycles. The van der Waals surface area contributed by atoms with Gasteiger partial charge in [0.25, 0.3) is 5.91 Å². The fraction of sp³-hybridized carbons (Fsp3) is 0.250. The van der Waals surface area contributed by atoms with Crippen molar-refractivity contribution in [2.45, 2.75) is 18.8 Å². The van der Waals surface area contributed by atoms with E-state index < -0.39 is 12.2 Å². The van der Waals surface area contributed by atoms with Crippen molar-refractivity contribution in [2.75, 3.05) is 14.1 Å².